The average Bonchev–Trinajstić information content (AvgIpc) is 3.29. The Morgan fingerprint density at radius 2 is 2.28 bits per heavy atom. The number of furan rings is 1. The summed E-state index contributed by atoms with van der Waals surface area (Å²) in [5.41, 5.74) is 0.838. The van der Waals surface area contributed by atoms with Crippen molar-refractivity contribution < 1.29 is 9.21 Å². The number of rotatable bonds is 7. The second-order valence-corrected chi connectivity index (χ2v) is 5.93. The molecule has 3 aromatic heterocycles. The van der Waals surface area contributed by atoms with Gasteiger partial charge in [0.2, 0.25) is 5.91 Å². The Hall–Kier alpha value is -3.05. The fourth-order valence-electron chi connectivity index (χ4n) is 2.14. The normalized spacial score (nSPS) is 10.4. The van der Waals surface area contributed by atoms with Gasteiger partial charge in [-0.1, -0.05) is 17.7 Å². The molecule has 0 aliphatic rings. The molecule has 3 aromatic rings. The highest BCUT2D eigenvalue weighted by Crippen LogP contribution is 2.24. The van der Waals surface area contributed by atoms with Crippen LogP contribution >= 0.6 is 11.8 Å². The molecule has 7 nitrogen and oxygen atoms in total. The zero-order valence-corrected chi connectivity index (χ0v) is 14.1. The Kier molecular flexibility index (Phi) is 5.49. The Morgan fingerprint density at radius 3 is 3.00 bits per heavy atom. The first-order valence-corrected chi connectivity index (χ1v) is 8.45. The molecule has 0 saturated heterocycles. The van der Waals surface area contributed by atoms with Crippen molar-refractivity contribution in [3.63, 3.8) is 0 Å². The van der Waals surface area contributed by atoms with Crippen molar-refractivity contribution in [2.45, 2.75) is 11.7 Å². The molecular weight excluding hydrogens is 338 g/mol. The molecule has 3 rings (SSSR count). The molecule has 25 heavy (non-hydrogen) atoms. The first-order valence-electron chi connectivity index (χ1n) is 7.47. The summed E-state index contributed by atoms with van der Waals surface area (Å²) in [6.45, 7) is 0.665. The molecule has 0 aliphatic carbocycles. The van der Waals surface area contributed by atoms with Crippen LogP contribution in [0.15, 0.2) is 52.5 Å². The maximum atomic E-state index is 11.8. The number of thioether (sulfide) groups is 1. The summed E-state index contributed by atoms with van der Waals surface area (Å²) in [6.07, 6.45) is 10.2. The molecule has 0 unspecified atom stereocenters. The number of nitrogens with zero attached hydrogens (tertiary/aromatic N) is 4. The summed E-state index contributed by atoms with van der Waals surface area (Å²) in [5.74, 6) is 3.85. The minimum Gasteiger partial charge on any atom is -0.467 e. The zero-order chi connectivity index (χ0) is 17.5. The number of aromatic nitrogens is 4. The van der Waals surface area contributed by atoms with Gasteiger partial charge in [0.25, 0.3) is 0 Å². The van der Waals surface area contributed by atoms with Gasteiger partial charge in [-0.3, -0.25) is 14.3 Å². The number of hydrogen-bond donors (Lipinski definition) is 1. The van der Waals surface area contributed by atoms with Crippen molar-refractivity contribution in [2.75, 3.05) is 12.3 Å². The van der Waals surface area contributed by atoms with Crippen LogP contribution in [0.5, 0.6) is 0 Å². The topological polar surface area (TPSA) is 85.8 Å². The SMILES string of the molecule is C#CCNC(=O)CSc1nnc(-c2cccnc2)n1Cc1ccco1. The van der Waals surface area contributed by atoms with Crippen molar-refractivity contribution in [1.82, 2.24) is 25.1 Å². The lowest BCUT2D eigenvalue weighted by Crippen LogP contribution is -2.25. The van der Waals surface area contributed by atoms with Crippen LogP contribution in [-0.4, -0.2) is 38.0 Å². The fourth-order valence-corrected chi connectivity index (χ4v) is 2.90. The van der Waals surface area contributed by atoms with E-state index in [9.17, 15) is 4.79 Å². The van der Waals surface area contributed by atoms with Crippen LogP contribution in [0.2, 0.25) is 0 Å². The predicted molar refractivity (Wildman–Crippen MR) is 93.6 cm³/mol. The summed E-state index contributed by atoms with van der Waals surface area (Å²) in [7, 11) is 0. The molecule has 0 aromatic carbocycles. The summed E-state index contributed by atoms with van der Waals surface area (Å²) >= 11 is 1.29. The van der Waals surface area contributed by atoms with Gasteiger partial charge < -0.3 is 9.73 Å². The molecule has 0 bridgehead atoms. The highest BCUT2D eigenvalue weighted by atomic mass is 32.2. The summed E-state index contributed by atoms with van der Waals surface area (Å²) in [5, 5.41) is 11.7. The third-order valence-electron chi connectivity index (χ3n) is 3.25. The minimum absolute atomic E-state index is 0.154. The van der Waals surface area contributed by atoms with Crippen LogP contribution in [0.1, 0.15) is 5.76 Å². The first-order chi connectivity index (χ1) is 12.3. The molecule has 0 atom stereocenters. The Morgan fingerprint density at radius 1 is 1.36 bits per heavy atom. The highest BCUT2D eigenvalue weighted by Gasteiger charge is 2.17. The molecule has 0 aliphatic heterocycles. The third kappa shape index (κ3) is 4.28. The van der Waals surface area contributed by atoms with Gasteiger partial charge in [0.1, 0.15) is 5.76 Å². The van der Waals surface area contributed by atoms with E-state index in [1.54, 1.807) is 18.7 Å². The van der Waals surface area contributed by atoms with Gasteiger partial charge in [0.15, 0.2) is 11.0 Å². The van der Waals surface area contributed by atoms with Crippen molar-refractivity contribution in [3.05, 3.63) is 48.7 Å². The molecule has 1 amide bonds. The number of terminal acetylenes is 1. The van der Waals surface area contributed by atoms with Crippen LogP contribution in [0.3, 0.4) is 0 Å². The molecule has 0 spiro atoms. The Balaban J connectivity index is 1.83. The van der Waals surface area contributed by atoms with Crippen molar-refractivity contribution in [2.24, 2.45) is 0 Å². The molecular formula is C17H15N5O2S. The van der Waals surface area contributed by atoms with Crippen molar-refractivity contribution in [3.8, 4) is 23.7 Å². The largest absolute Gasteiger partial charge is 0.467 e. The average molecular weight is 353 g/mol. The second-order valence-electron chi connectivity index (χ2n) is 4.98. The number of hydrogen-bond acceptors (Lipinski definition) is 6. The van der Waals surface area contributed by atoms with E-state index in [0.29, 0.717) is 17.5 Å². The van der Waals surface area contributed by atoms with Gasteiger partial charge in [-0.25, -0.2) is 0 Å². The lowest BCUT2D eigenvalue weighted by Gasteiger charge is -2.08. The molecule has 0 fully saturated rings. The van der Waals surface area contributed by atoms with Gasteiger partial charge in [-0.15, -0.1) is 16.6 Å². The second kappa shape index (κ2) is 8.17. The maximum Gasteiger partial charge on any atom is 0.231 e. The molecule has 126 valence electrons. The maximum absolute atomic E-state index is 11.8. The van der Waals surface area contributed by atoms with Gasteiger partial charge in [0, 0.05) is 18.0 Å². The highest BCUT2D eigenvalue weighted by molar-refractivity contribution is 7.99. The molecule has 0 radical (unpaired) electrons. The Bertz CT molecular complexity index is 868. The number of carbonyl (C=O) groups excluding carboxylic acids is 1. The van der Waals surface area contributed by atoms with Crippen LogP contribution in [0.4, 0.5) is 0 Å². The number of nitrogens with one attached hydrogen (secondary N) is 1. The lowest BCUT2D eigenvalue weighted by atomic mass is 10.2. The summed E-state index contributed by atoms with van der Waals surface area (Å²) < 4.78 is 7.33. The van der Waals surface area contributed by atoms with Crippen molar-refractivity contribution in [1.29, 1.82) is 0 Å². The fraction of sp³-hybridized carbons (Fsp3) is 0.176. The van der Waals surface area contributed by atoms with Crippen LogP contribution in [0.25, 0.3) is 11.4 Å². The number of carbonyl (C=O) groups is 1. The smallest absolute Gasteiger partial charge is 0.231 e. The van der Waals surface area contributed by atoms with Crippen LogP contribution < -0.4 is 5.32 Å². The molecule has 0 saturated carbocycles. The van der Waals surface area contributed by atoms with Crippen molar-refractivity contribution >= 4 is 17.7 Å². The number of amides is 1. The van der Waals surface area contributed by atoms with Crippen LogP contribution in [-0.2, 0) is 11.3 Å². The Labute approximate surface area is 148 Å². The monoisotopic (exact) mass is 353 g/mol. The van der Waals surface area contributed by atoms with E-state index in [4.69, 9.17) is 10.8 Å². The van der Waals surface area contributed by atoms with E-state index in [0.717, 1.165) is 11.3 Å². The van der Waals surface area contributed by atoms with Gasteiger partial charge in [-0.05, 0) is 24.3 Å². The van der Waals surface area contributed by atoms with Crippen LogP contribution in [0, 0.1) is 12.3 Å². The molecule has 1 N–H and O–H groups in total. The lowest BCUT2D eigenvalue weighted by molar-refractivity contribution is -0.118. The predicted octanol–water partition coefficient (Wildman–Crippen LogP) is 1.82. The van der Waals surface area contributed by atoms with Gasteiger partial charge in [0.05, 0.1) is 25.1 Å². The van der Waals surface area contributed by atoms with E-state index < -0.39 is 0 Å². The number of pyridine rings is 1. The standard InChI is InChI=1S/C17H15N5O2S/c1-2-7-19-15(23)12-25-17-21-20-16(13-5-3-8-18-10-13)22(17)11-14-6-4-9-24-14/h1,3-6,8-10H,7,11-12H2,(H,19,23). The molecule has 8 heteroatoms. The first kappa shape index (κ1) is 16.8. The van der Waals surface area contributed by atoms with E-state index in [1.807, 2.05) is 28.8 Å². The van der Waals surface area contributed by atoms with E-state index in [1.165, 1.54) is 11.8 Å². The summed E-state index contributed by atoms with van der Waals surface area (Å²) in [4.78, 5) is 15.9. The summed E-state index contributed by atoms with van der Waals surface area (Å²) in [6, 6.07) is 7.44. The van der Waals surface area contributed by atoms with Gasteiger partial charge in [-0.2, -0.15) is 0 Å². The third-order valence-corrected chi connectivity index (χ3v) is 4.22. The van der Waals surface area contributed by atoms with E-state index >= 15 is 0 Å². The quantitative estimate of drug-likeness (QED) is 0.515. The molecule has 3 heterocycles. The van der Waals surface area contributed by atoms with E-state index in [-0.39, 0.29) is 18.2 Å². The van der Waals surface area contributed by atoms with E-state index in [2.05, 4.69) is 26.4 Å². The minimum atomic E-state index is -0.154. The zero-order valence-electron chi connectivity index (χ0n) is 13.3. The van der Waals surface area contributed by atoms with Gasteiger partial charge >= 0.3 is 0 Å².